The van der Waals surface area contributed by atoms with Crippen molar-refractivity contribution in [3.63, 3.8) is 0 Å². The quantitative estimate of drug-likeness (QED) is 0.469. The fourth-order valence-electron chi connectivity index (χ4n) is 1.71. The summed E-state index contributed by atoms with van der Waals surface area (Å²) in [6.07, 6.45) is 3.14. The zero-order valence-corrected chi connectivity index (χ0v) is 12.1. The first-order chi connectivity index (χ1) is 9.54. The van der Waals surface area contributed by atoms with Crippen LogP contribution in [0.2, 0.25) is 5.02 Å². The lowest BCUT2D eigenvalue weighted by Crippen LogP contribution is -2.04. The maximum absolute atomic E-state index is 11.7. The molecule has 2 nitrogen and oxygen atoms in total. The third-order valence-electron chi connectivity index (χ3n) is 2.84. The minimum absolute atomic E-state index is 0.406. The summed E-state index contributed by atoms with van der Waals surface area (Å²) in [5.74, 6) is 0.115. The van der Waals surface area contributed by atoms with Crippen molar-refractivity contribution in [1.29, 1.82) is 0 Å². The standard InChI is InChI=1S/C17H15ClO2/c1-12-3-5-14(6-4-12)7-10-17(19)20-16-9-8-15(18)11-13(16)2/h3-11H,1-2H3/b10-7+. The molecule has 0 radical (unpaired) electrons. The highest BCUT2D eigenvalue weighted by Gasteiger charge is 2.04. The molecule has 0 aliphatic rings. The Hall–Kier alpha value is -2.06. The van der Waals surface area contributed by atoms with Gasteiger partial charge in [-0.1, -0.05) is 41.4 Å². The molecule has 0 aliphatic heterocycles. The number of carbonyl (C=O) groups is 1. The highest BCUT2D eigenvalue weighted by Crippen LogP contribution is 2.22. The minimum atomic E-state index is -0.406. The van der Waals surface area contributed by atoms with Crippen LogP contribution in [0.1, 0.15) is 16.7 Å². The molecule has 0 bridgehead atoms. The van der Waals surface area contributed by atoms with Crippen LogP contribution in [0.3, 0.4) is 0 Å². The molecular weight excluding hydrogens is 272 g/mol. The molecule has 0 unspecified atom stereocenters. The molecule has 0 amide bonds. The van der Waals surface area contributed by atoms with E-state index in [-0.39, 0.29) is 0 Å². The molecule has 0 fully saturated rings. The van der Waals surface area contributed by atoms with Crippen molar-refractivity contribution in [2.24, 2.45) is 0 Å². The highest BCUT2D eigenvalue weighted by atomic mass is 35.5. The molecule has 102 valence electrons. The van der Waals surface area contributed by atoms with Crippen LogP contribution in [-0.2, 0) is 4.79 Å². The van der Waals surface area contributed by atoms with Crippen LogP contribution in [0.5, 0.6) is 5.75 Å². The van der Waals surface area contributed by atoms with E-state index in [0.717, 1.165) is 11.1 Å². The Balaban J connectivity index is 2.03. The summed E-state index contributed by atoms with van der Waals surface area (Å²) >= 11 is 5.85. The van der Waals surface area contributed by atoms with Gasteiger partial charge >= 0.3 is 5.97 Å². The lowest BCUT2D eigenvalue weighted by molar-refractivity contribution is -0.128. The van der Waals surface area contributed by atoms with Crippen molar-refractivity contribution in [3.05, 3.63) is 70.3 Å². The fourth-order valence-corrected chi connectivity index (χ4v) is 1.94. The Bertz CT molecular complexity index is 643. The van der Waals surface area contributed by atoms with Crippen LogP contribution in [0.4, 0.5) is 0 Å². The van der Waals surface area contributed by atoms with Crippen LogP contribution in [0, 0.1) is 13.8 Å². The topological polar surface area (TPSA) is 26.3 Å². The van der Waals surface area contributed by atoms with E-state index in [0.29, 0.717) is 10.8 Å². The van der Waals surface area contributed by atoms with E-state index in [2.05, 4.69) is 0 Å². The van der Waals surface area contributed by atoms with Crippen molar-refractivity contribution in [2.45, 2.75) is 13.8 Å². The third-order valence-corrected chi connectivity index (χ3v) is 3.07. The Kier molecular flexibility index (Phi) is 4.59. The fraction of sp³-hybridized carbons (Fsp3) is 0.118. The minimum Gasteiger partial charge on any atom is -0.423 e. The molecule has 2 rings (SSSR count). The maximum Gasteiger partial charge on any atom is 0.336 e. The first-order valence-corrected chi connectivity index (χ1v) is 6.65. The van der Waals surface area contributed by atoms with Crippen molar-refractivity contribution >= 4 is 23.6 Å². The van der Waals surface area contributed by atoms with E-state index in [1.54, 1.807) is 24.3 Å². The second-order valence-corrected chi connectivity index (χ2v) is 5.01. The van der Waals surface area contributed by atoms with Crippen LogP contribution in [-0.4, -0.2) is 5.97 Å². The molecule has 0 saturated carbocycles. The highest BCUT2D eigenvalue weighted by molar-refractivity contribution is 6.30. The number of halogens is 1. The van der Waals surface area contributed by atoms with Gasteiger partial charge in [-0.05, 0) is 49.2 Å². The van der Waals surface area contributed by atoms with Gasteiger partial charge < -0.3 is 4.74 Å². The predicted molar refractivity (Wildman–Crippen MR) is 82.0 cm³/mol. The lowest BCUT2D eigenvalue weighted by atomic mass is 10.1. The normalized spacial score (nSPS) is 10.8. The second kappa shape index (κ2) is 6.40. The van der Waals surface area contributed by atoms with E-state index in [1.165, 1.54) is 11.6 Å². The molecule has 0 aromatic heterocycles. The summed E-state index contributed by atoms with van der Waals surface area (Å²) in [6, 6.07) is 13.0. The van der Waals surface area contributed by atoms with Gasteiger partial charge in [0, 0.05) is 11.1 Å². The smallest absolute Gasteiger partial charge is 0.336 e. The molecule has 2 aromatic rings. The summed E-state index contributed by atoms with van der Waals surface area (Å²) in [5.41, 5.74) is 2.97. The third kappa shape index (κ3) is 3.97. The van der Waals surface area contributed by atoms with E-state index in [9.17, 15) is 4.79 Å². The van der Waals surface area contributed by atoms with Gasteiger partial charge in [0.25, 0.3) is 0 Å². The van der Waals surface area contributed by atoms with Gasteiger partial charge in [0.15, 0.2) is 0 Å². The Morgan fingerprint density at radius 2 is 1.80 bits per heavy atom. The number of ether oxygens (including phenoxy) is 1. The predicted octanol–water partition coefficient (Wildman–Crippen LogP) is 4.58. The number of aryl methyl sites for hydroxylation is 2. The monoisotopic (exact) mass is 286 g/mol. The number of hydrogen-bond donors (Lipinski definition) is 0. The summed E-state index contributed by atoms with van der Waals surface area (Å²) in [4.78, 5) is 11.7. The Morgan fingerprint density at radius 3 is 2.45 bits per heavy atom. The van der Waals surface area contributed by atoms with Gasteiger partial charge in [-0.25, -0.2) is 4.79 Å². The average Bonchev–Trinajstić information content (AvgIpc) is 2.41. The van der Waals surface area contributed by atoms with Gasteiger partial charge in [-0.3, -0.25) is 0 Å². The van der Waals surface area contributed by atoms with Crippen molar-refractivity contribution in [3.8, 4) is 5.75 Å². The molecule has 0 aliphatic carbocycles. The molecule has 2 aromatic carbocycles. The van der Waals surface area contributed by atoms with Crippen LogP contribution in [0.15, 0.2) is 48.5 Å². The van der Waals surface area contributed by atoms with Crippen molar-refractivity contribution in [1.82, 2.24) is 0 Å². The molecular formula is C17H15ClO2. The zero-order chi connectivity index (χ0) is 14.5. The van der Waals surface area contributed by atoms with Gasteiger partial charge in [0.05, 0.1) is 0 Å². The van der Waals surface area contributed by atoms with E-state index in [1.807, 2.05) is 38.1 Å². The van der Waals surface area contributed by atoms with E-state index >= 15 is 0 Å². The van der Waals surface area contributed by atoms with Gasteiger partial charge in [-0.15, -0.1) is 0 Å². The number of esters is 1. The first kappa shape index (κ1) is 14.4. The Morgan fingerprint density at radius 1 is 1.10 bits per heavy atom. The SMILES string of the molecule is Cc1ccc(/C=C/C(=O)Oc2ccc(Cl)cc2C)cc1. The van der Waals surface area contributed by atoms with Crippen LogP contribution in [0.25, 0.3) is 6.08 Å². The van der Waals surface area contributed by atoms with Crippen LogP contribution >= 0.6 is 11.6 Å². The molecule has 3 heteroatoms. The van der Waals surface area contributed by atoms with Crippen molar-refractivity contribution in [2.75, 3.05) is 0 Å². The van der Waals surface area contributed by atoms with Gasteiger partial charge in [0.1, 0.15) is 5.75 Å². The largest absolute Gasteiger partial charge is 0.423 e. The molecule has 0 atom stereocenters. The number of rotatable bonds is 3. The second-order valence-electron chi connectivity index (χ2n) is 4.57. The van der Waals surface area contributed by atoms with Crippen LogP contribution < -0.4 is 4.74 Å². The van der Waals surface area contributed by atoms with E-state index < -0.39 is 5.97 Å². The molecule has 20 heavy (non-hydrogen) atoms. The molecule has 0 spiro atoms. The summed E-state index contributed by atoms with van der Waals surface area (Å²) in [5, 5.41) is 0.623. The lowest BCUT2D eigenvalue weighted by Gasteiger charge is -2.05. The van der Waals surface area contributed by atoms with Gasteiger partial charge in [0.2, 0.25) is 0 Å². The summed E-state index contributed by atoms with van der Waals surface area (Å²) in [7, 11) is 0. The van der Waals surface area contributed by atoms with Gasteiger partial charge in [-0.2, -0.15) is 0 Å². The van der Waals surface area contributed by atoms with Crippen molar-refractivity contribution < 1.29 is 9.53 Å². The molecule has 0 heterocycles. The molecule has 0 saturated heterocycles. The summed E-state index contributed by atoms with van der Waals surface area (Å²) < 4.78 is 5.26. The molecule has 0 N–H and O–H groups in total. The number of carbonyl (C=O) groups excluding carboxylic acids is 1. The maximum atomic E-state index is 11.7. The zero-order valence-electron chi connectivity index (χ0n) is 11.4. The first-order valence-electron chi connectivity index (χ1n) is 6.27. The Labute approximate surface area is 123 Å². The average molecular weight is 287 g/mol. The number of benzene rings is 2. The number of hydrogen-bond acceptors (Lipinski definition) is 2. The summed E-state index contributed by atoms with van der Waals surface area (Å²) in [6.45, 7) is 3.86. The van der Waals surface area contributed by atoms with E-state index in [4.69, 9.17) is 16.3 Å².